The highest BCUT2D eigenvalue weighted by Gasteiger charge is 2.10. The third kappa shape index (κ3) is 16.1. The predicted octanol–water partition coefficient (Wildman–Crippen LogP) is 7.08. The normalized spacial score (nSPS) is 9.39. The summed E-state index contributed by atoms with van der Waals surface area (Å²) in [6.07, 6.45) is 5.74. The van der Waals surface area contributed by atoms with Gasteiger partial charge in [-0.1, -0.05) is 112 Å². The fraction of sp³-hybridized carbons (Fsp3) is 0.345. The number of hydrogen-bond donors (Lipinski definition) is 1. The average Bonchev–Trinajstić information content (AvgIpc) is 2.89. The molecule has 0 unspecified atom stereocenters. The number of hydrogen-bond acceptors (Lipinski definition) is 3. The Morgan fingerprint density at radius 2 is 1.30 bits per heavy atom. The van der Waals surface area contributed by atoms with E-state index in [2.05, 4.69) is 95.0 Å². The van der Waals surface area contributed by atoms with Gasteiger partial charge in [0.25, 0.3) is 0 Å². The van der Waals surface area contributed by atoms with Crippen LogP contribution in [0, 0.1) is 6.92 Å². The highest BCUT2D eigenvalue weighted by atomic mass is 16.1. The maximum atomic E-state index is 9.06. The molecule has 2 rings (SSSR count). The summed E-state index contributed by atoms with van der Waals surface area (Å²) in [6, 6.07) is 19.1. The number of unbranched alkanes of at least 4 members (excludes halogenated alkanes) is 2. The number of benzene rings is 2. The Hall–Kier alpha value is -3.27. The van der Waals surface area contributed by atoms with Crippen molar-refractivity contribution in [1.29, 1.82) is 0 Å². The number of aryl methyl sites for hydroxylation is 1. The van der Waals surface area contributed by atoms with Gasteiger partial charge in [-0.05, 0) is 42.5 Å². The first kappa shape index (κ1) is 34.3. The van der Waals surface area contributed by atoms with E-state index in [0.29, 0.717) is 6.41 Å². The summed E-state index contributed by atoms with van der Waals surface area (Å²) >= 11 is 0. The minimum Gasteiger partial charge on any atom is -0.362 e. The molecule has 0 bridgehead atoms. The zero-order valence-electron chi connectivity index (χ0n) is 21.4. The lowest BCUT2D eigenvalue weighted by Gasteiger charge is -2.15. The molecule has 182 valence electrons. The Morgan fingerprint density at radius 3 is 1.64 bits per heavy atom. The molecule has 4 heteroatoms. The van der Waals surface area contributed by atoms with Gasteiger partial charge in [0.15, 0.2) is 0 Å². The zero-order valence-corrected chi connectivity index (χ0v) is 21.4. The molecule has 33 heavy (non-hydrogen) atoms. The van der Waals surface area contributed by atoms with E-state index in [4.69, 9.17) is 14.4 Å². The fourth-order valence-corrected chi connectivity index (χ4v) is 2.71. The number of amides is 1. The molecule has 1 amide bonds. The Kier molecular flexibility index (Phi) is 26.0. The van der Waals surface area contributed by atoms with Crippen LogP contribution in [0.4, 0.5) is 0 Å². The van der Waals surface area contributed by atoms with Crippen LogP contribution >= 0.6 is 0 Å². The number of nitrogens with one attached hydrogen (secondary N) is 1. The second kappa shape index (κ2) is 25.0. The molecule has 0 saturated heterocycles. The van der Waals surface area contributed by atoms with E-state index >= 15 is 0 Å². The standard InChI is InChI=1S/C20H22.C5H12.C2H5NO.2CH2O/c1-5-16(3)20(19-13-11-15(2)12-14-19)17(4)18-9-7-6-8-10-18;1-3-5-4-2;1-3-2-4;2*1-2/h6-14H,4-5H2,1-3H3;3-5H2,1-2H3;2H,1H3,(H,3,4);2*1H2/b20-16+;;;;. The summed E-state index contributed by atoms with van der Waals surface area (Å²) in [5.74, 6) is 0. The van der Waals surface area contributed by atoms with Crippen LogP contribution in [-0.4, -0.2) is 27.0 Å². The third-order valence-electron chi connectivity index (χ3n) is 4.55. The molecule has 0 aliphatic heterocycles. The molecule has 0 spiro atoms. The Labute approximate surface area is 201 Å². The van der Waals surface area contributed by atoms with Crippen molar-refractivity contribution in [3.63, 3.8) is 0 Å². The van der Waals surface area contributed by atoms with Gasteiger partial charge < -0.3 is 14.9 Å². The van der Waals surface area contributed by atoms with E-state index in [-0.39, 0.29) is 0 Å². The van der Waals surface area contributed by atoms with Gasteiger partial charge in [0.05, 0.1) is 0 Å². The largest absolute Gasteiger partial charge is 0.362 e. The van der Waals surface area contributed by atoms with Crippen LogP contribution < -0.4 is 5.32 Å². The van der Waals surface area contributed by atoms with Gasteiger partial charge in [-0.25, -0.2) is 0 Å². The monoisotopic (exact) mass is 453 g/mol. The summed E-state index contributed by atoms with van der Waals surface area (Å²) in [5, 5.41) is 2.25. The van der Waals surface area contributed by atoms with E-state index in [9.17, 15) is 0 Å². The van der Waals surface area contributed by atoms with Crippen molar-refractivity contribution in [2.24, 2.45) is 0 Å². The van der Waals surface area contributed by atoms with Gasteiger partial charge in [0, 0.05) is 7.05 Å². The second-order valence-electron chi connectivity index (χ2n) is 6.98. The van der Waals surface area contributed by atoms with Gasteiger partial charge in [-0.3, -0.25) is 4.79 Å². The summed E-state index contributed by atoms with van der Waals surface area (Å²) in [7, 11) is 1.56. The van der Waals surface area contributed by atoms with Gasteiger partial charge in [-0.2, -0.15) is 0 Å². The molecule has 2 aromatic carbocycles. The van der Waals surface area contributed by atoms with Crippen molar-refractivity contribution >= 4 is 31.1 Å². The number of allylic oxidation sites excluding steroid dienone is 3. The molecule has 0 aliphatic rings. The van der Waals surface area contributed by atoms with Crippen LogP contribution in [0.3, 0.4) is 0 Å². The molecule has 0 aliphatic carbocycles. The number of rotatable bonds is 7. The maximum Gasteiger partial charge on any atom is 0.206 e. The molecular formula is C29H43NO3. The summed E-state index contributed by atoms with van der Waals surface area (Å²) in [6.45, 7) is 19.3. The molecule has 0 saturated carbocycles. The zero-order chi connectivity index (χ0) is 26.1. The highest BCUT2D eigenvalue weighted by molar-refractivity contribution is 6.05. The van der Waals surface area contributed by atoms with Crippen LogP contribution in [-0.2, 0) is 14.4 Å². The van der Waals surface area contributed by atoms with E-state index in [1.165, 1.54) is 47.1 Å². The summed E-state index contributed by atoms with van der Waals surface area (Å²) < 4.78 is 0. The van der Waals surface area contributed by atoms with E-state index < -0.39 is 0 Å². The minimum atomic E-state index is 0.625. The Morgan fingerprint density at radius 1 is 0.848 bits per heavy atom. The van der Waals surface area contributed by atoms with Crippen LogP contribution in [0.15, 0.2) is 66.7 Å². The molecule has 0 radical (unpaired) electrons. The van der Waals surface area contributed by atoms with E-state index in [0.717, 1.165) is 12.0 Å². The van der Waals surface area contributed by atoms with Crippen molar-refractivity contribution in [1.82, 2.24) is 5.32 Å². The van der Waals surface area contributed by atoms with Crippen molar-refractivity contribution < 1.29 is 14.4 Å². The van der Waals surface area contributed by atoms with Crippen molar-refractivity contribution in [3.05, 3.63) is 83.4 Å². The Balaban J connectivity index is -0.000000578. The van der Waals surface area contributed by atoms with Gasteiger partial charge in [0.1, 0.15) is 13.6 Å². The van der Waals surface area contributed by atoms with Crippen LogP contribution in [0.5, 0.6) is 0 Å². The third-order valence-corrected chi connectivity index (χ3v) is 4.55. The van der Waals surface area contributed by atoms with Gasteiger partial charge in [0.2, 0.25) is 6.41 Å². The van der Waals surface area contributed by atoms with Crippen molar-refractivity contribution in [2.75, 3.05) is 7.05 Å². The van der Waals surface area contributed by atoms with Crippen LogP contribution in [0.2, 0.25) is 0 Å². The first-order valence-corrected chi connectivity index (χ1v) is 11.2. The van der Waals surface area contributed by atoms with Crippen LogP contribution in [0.1, 0.15) is 70.1 Å². The lowest BCUT2D eigenvalue weighted by Crippen LogP contribution is -1.98. The lowest BCUT2D eigenvalue weighted by atomic mass is 9.89. The first-order valence-electron chi connectivity index (χ1n) is 11.2. The average molecular weight is 454 g/mol. The molecule has 0 heterocycles. The topological polar surface area (TPSA) is 63.2 Å². The molecule has 0 atom stereocenters. The molecule has 4 nitrogen and oxygen atoms in total. The first-order chi connectivity index (χ1) is 16.0. The van der Waals surface area contributed by atoms with Crippen molar-refractivity contribution in [2.45, 2.75) is 60.3 Å². The van der Waals surface area contributed by atoms with E-state index in [1.807, 2.05) is 19.6 Å². The lowest BCUT2D eigenvalue weighted by molar-refractivity contribution is -0.109. The molecule has 1 N–H and O–H groups in total. The molecule has 2 aromatic rings. The minimum absolute atomic E-state index is 0.625. The predicted molar refractivity (Wildman–Crippen MR) is 144 cm³/mol. The number of carbonyl (C=O) groups is 3. The summed E-state index contributed by atoms with van der Waals surface area (Å²) in [4.78, 5) is 25.1. The molecule has 0 fully saturated rings. The fourth-order valence-electron chi connectivity index (χ4n) is 2.71. The molecule has 0 aromatic heterocycles. The Bertz CT molecular complexity index is 761. The van der Waals surface area contributed by atoms with Gasteiger partial charge in [-0.15, -0.1) is 0 Å². The maximum absolute atomic E-state index is 9.06. The summed E-state index contributed by atoms with van der Waals surface area (Å²) in [5.41, 5.74) is 7.49. The molecular weight excluding hydrogens is 410 g/mol. The number of carbonyl (C=O) groups excluding carboxylic acids is 3. The smallest absolute Gasteiger partial charge is 0.206 e. The SMILES string of the molecule is C=C(/C(=C(/C)CC)c1ccc(C)cc1)c1ccccc1.C=O.C=O.CCCCC.CNC=O. The quantitative estimate of drug-likeness (QED) is 0.360. The van der Waals surface area contributed by atoms with E-state index in [1.54, 1.807) is 7.05 Å². The van der Waals surface area contributed by atoms with Crippen molar-refractivity contribution in [3.8, 4) is 0 Å². The second-order valence-corrected chi connectivity index (χ2v) is 6.98. The van der Waals surface area contributed by atoms with Crippen LogP contribution in [0.25, 0.3) is 11.1 Å². The van der Waals surface area contributed by atoms with Gasteiger partial charge >= 0.3 is 0 Å². The highest BCUT2D eigenvalue weighted by Crippen LogP contribution is 2.33.